The van der Waals surface area contributed by atoms with Crippen LogP contribution in [0.15, 0.2) is 121 Å². The largest absolute Gasteiger partial charge is 0.313 e. The highest BCUT2D eigenvalue weighted by Crippen LogP contribution is 2.41. The zero-order valence-corrected chi connectivity index (χ0v) is 23.0. The SMILES string of the molecule is CC1CC=Cc2c1n(-c1cccc(C3C=C(n4c5ccccc5c5ccccc54)C=CC3C)c1)c1ccccc21. The molecule has 2 heteroatoms. The summed E-state index contributed by atoms with van der Waals surface area (Å²) in [5.41, 5.74) is 10.5. The number of fused-ring (bicyclic) bond motifs is 6. The van der Waals surface area contributed by atoms with Crippen molar-refractivity contribution in [2.24, 2.45) is 5.92 Å². The molecule has 2 aromatic heterocycles. The van der Waals surface area contributed by atoms with Crippen molar-refractivity contribution in [1.82, 2.24) is 9.13 Å². The van der Waals surface area contributed by atoms with Crippen molar-refractivity contribution in [1.29, 1.82) is 0 Å². The smallest absolute Gasteiger partial charge is 0.0540 e. The number of nitrogens with zero attached hydrogens (tertiary/aromatic N) is 2. The molecule has 8 rings (SSSR count). The van der Waals surface area contributed by atoms with E-state index in [1.807, 2.05) is 0 Å². The van der Waals surface area contributed by atoms with Gasteiger partial charge in [-0.05, 0) is 54.3 Å². The summed E-state index contributed by atoms with van der Waals surface area (Å²) in [6.45, 7) is 4.70. The number of hydrogen-bond donors (Lipinski definition) is 0. The predicted octanol–water partition coefficient (Wildman–Crippen LogP) is 10.1. The van der Waals surface area contributed by atoms with Crippen molar-refractivity contribution in [3.05, 3.63) is 138 Å². The molecule has 0 saturated heterocycles. The maximum atomic E-state index is 2.52. The van der Waals surface area contributed by atoms with Gasteiger partial charge in [-0.3, -0.25) is 0 Å². The van der Waals surface area contributed by atoms with Gasteiger partial charge in [-0.2, -0.15) is 0 Å². The molecule has 2 nitrogen and oxygen atoms in total. The molecule has 0 spiro atoms. The predicted molar refractivity (Wildman–Crippen MR) is 170 cm³/mol. The van der Waals surface area contributed by atoms with E-state index in [0.717, 1.165) is 6.42 Å². The summed E-state index contributed by atoms with van der Waals surface area (Å²) in [5.74, 6) is 1.17. The first kappa shape index (κ1) is 23.3. The highest BCUT2D eigenvalue weighted by atomic mass is 15.0. The van der Waals surface area contributed by atoms with Crippen molar-refractivity contribution in [3.8, 4) is 5.69 Å². The van der Waals surface area contributed by atoms with Crippen molar-refractivity contribution >= 4 is 44.5 Å². The molecular weight excluding hydrogens is 484 g/mol. The lowest BCUT2D eigenvalue weighted by Crippen LogP contribution is -2.12. The summed E-state index contributed by atoms with van der Waals surface area (Å²) in [5, 5.41) is 3.95. The molecule has 0 aliphatic heterocycles. The maximum absolute atomic E-state index is 2.52. The minimum atomic E-state index is 0.287. The van der Waals surface area contributed by atoms with Crippen LogP contribution in [0.4, 0.5) is 0 Å². The van der Waals surface area contributed by atoms with Crippen LogP contribution < -0.4 is 0 Å². The standard InChI is InChI=1S/C38H32N2/c1-25-21-22-29(39-35-18-6-3-14-30(35)31-15-4-7-19-36(31)39)24-34(25)27-12-10-13-28(23-27)40-37-20-8-5-16-32(37)33-17-9-11-26(2)38(33)40/h3-10,12-26,34H,11H2,1-2H3. The molecule has 0 amide bonds. The van der Waals surface area contributed by atoms with Gasteiger partial charge in [-0.15, -0.1) is 0 Å². The number of aromatic nitrogens is 2. The molecule has 4 aromatic carbocycles. The minimum absolute atomic E-state index is 0.287. The summed E-state index contributed by atoms with van der Waals surface area (Å²) in [4.78, 5) is 0. The maximum Gasteiger partial charge on any atom is 0.0540 e. The third-order valence-corrected chi connectivity index (χ3v) is 9.03. The zero-order chi connectivity index (χ0) is 26.8. The number of rotatable bonds is 3. The van der Waals surface area contributed by atoms with Crippen molar-refractivity contribution in [2.45, 2.75) is 32.1 Å². The van der Waals surface area contributed by atoms with E-state index in [-0.39, 0.29) is 5.92 Å². The third kappa shape index (κ3) is 3.42. The fraction of sp³-hybridized carbons (Fsp3) is 0.158. The van der Waals surface area contributed by atoms with Crippen LogP contribution in [0, 0.1) is 5.92 Å². The highest BCUT2D eigenvalue weighted by Gasteiger charge is 2.25. The van der Waals surface area contributed by atoms with Gasteiger partial charge in [-0.25, -0.2) is 0 Å². The van der Waals surface area contributed by atoms with Gasteiger partial charge in [0.05, 0.1) is 16.6 Å². The molecule has 3 unspecified atom stereocenters. The first-order valence-electron chi connectivity index (χ1n) is 14.5. The second-order valence-electron chi connectivity index (χ2n) is 11.5. The molecular formula is C38H32N2. The zero-order valence-electron chi connectivity index (χ0n) is 23.0. The Hall–Kier alpha value is -4.56. The number of hydrogen-bond acceptors (Lipinski definition) is 0. The fourth-order valence-corrected chi connectivity index (χ4v) is 7.11. The Bertz CT molecular complexity index is 1970. The first-order valence-corrected chi connectivity index (χ1v) is 14.5. The number of para-hydroxylation sites is 3. The van der Waals surface area contributed by atoms with Gasteiger partial charge < -0.3 is 9.13 Å². The average Bonchev–Trinajstić information content (AvgIpc) is 3.52. The van der Waals surface area contributed by atoms with Crippen LogP contribution in [0.3, 0.4) is 0 Å². The summed E-state index contributed by atoms with van der Waals surface area (Å²) < 4.78 is 4.96. The quantitative estimate of drug-likeness (QED) is 0.221. The second-order valence-corrected chi connectivity index (χ2v) is 11.5. The van der Waals surface area contributed by atoms with E-state index in [2.05, 4.69) is 150 Å². The van der Waals surface area contributed by atoms with Crippen LogP contribution in [0.1, 0.15) is 48.9 Å². The van der Waals surface area contributed by atoms with Crippen molar-refractivity contribution in [2.75, 3.05) is 0 Å². The molecule has 0 fully saturated rings. The summed E-state index contributed by atoms with van der Waals surface area (Å²) in [7, 11) is 0. The molecule has 3 atom stereocenters. The monoisotopic (exact) mass is 516 g/mol. The molecule has 0 saturated carbocycles. The van der Waals surface area contributed by atoms with Crippen molar-refractivity contribution in [3.63, 3.8) is 0 Å². The van der Waals surface area contributed by atoms with Crippen LogP contribution in [0.5, 0.6) is 0 Å². The number of benzene rings is 4. The Morgan fingerprint density at radius 1 is 0.650 bits per heavy atom. The topological polar surface area (TPSA) is 9.86 Å². The molecule has 40 heavy (non-hydrogen) atoms. The van der Waals surface area contributed by atoms with E-state index in [9.17, 15) is 0 Å². The van der Waals surface area contributed by atoms with E-state index < -0.39 is 0 Å². The van der Waals surface area contributed by atoms with Gasteiger partial charge in [0.2, 0.25) is 0 Å². The molecule has 2 aliphatic carbocycles. The average molecular weight is 517 g/mol. The van der Waals surface area contributed by atoms with Crippen LogP contribution >= 0.6 is 0 Å². The normalized spacial score (nSPS) is 20.4. The van der Waals surface area contributed by atoms with E-state index in [1.54, 1.807) is 0 Å². The van der Waals surface area contributed by atoms with Gasteiger partial charge >= 0.3 is 0 Å². The summed E-state index contributed by atoms with van der Waals surface area (Å²) in [6, 6.07) is 35.7. The van der Waals surface area contributed by atoms with Crippen LogP contribution in [0.25, 0.3) is 50.2 Å². The van der Waals surface area contributed by atoms with Gasteiger partial charge in [-0.1, -0.05) is 105 Å². The molecule has 194 valence electrons. The van der Waals surface area contributed by atoms with Crippen molar-refractivity contribution < 1.29 is 0 Å². The molecule has 0 N–H and O–H groups in total. The first-order chi connectivity index (χ1) is 19.7. The molecule has 6 aromatic rings. The molecule has 2 heterocycles. The fourth-order valence-electron chi connectivity index (χ4n) is 7.11. The Morgan fingerprint density at radius 3 is 2.02 bits per heavy atom. The lowest BCUT2D eigenvalue weighted by molar-refractivity contribution is 0.634. The molecule has 0 bridgehead atoms. The van der Waals surface area contributed by atoms with E-state index in [4.69, 9.17) is 0 Å². The number of allylic oxidation sites excluding steroid dienone is 5. The van der Waals surface area contributed by atoms with Crippen LogP contribution in [-0.2, 0) is 0 Å². The summed E-state index contributed by atoms with van der Waals surface area (Å²) in [6.07, 6.45) is 12.9. The Kier molecular flexibility index (Phi) is 5.25. The minimum Gasteiger partial charge on any atom is -0.313 e. The highest BCUT2D eigenvalue weighted by molar-refractivity contribution is 6.10. The van der Waals surface area contributed by atoms with E-state index >= 15 is 0 Å². The van der Waals surface area contributed by atoms with E-state index in [0.29, 0.717) is 11.8 Å². The van der Waals surface area contributed by atoms with Gasteiger partial charge in [0.1, 0.15) is 0 Å². The second kappa shape index (κ2) is 8.99. The van der Waals surface area contributed by atoms with Crippen LogP contribution in [-0.4, -0.2) is 9.13 Å². The van der Waals surface area contributed by atoms with E-state index in [1.165, 1.54) is 60.9 Å². The Labute approximate surface area is 235 Å². The lowest BCUT2D eigenvalue weighted by Gasteiger charge is -2.26. The van der Waals surface area contributed by atoms with Gasteiger partial charge in [0, 0.05) is 50.6 Å². The molecule has 2 aliphatic rings. The third-order valence-electron chi connectivity index (χ3n) is 9.03. The Balaban J connectivity index is 1.29. The summed E-state index contributed by atoms with van der Waals surface area (Å²) >= 11 is 0. The van der Waals surface area contributed by atoms with Crippen LogP contribution in [0.2, 0.25) is 0 Å². The van der Waals surface area contributed by atoms with Gasteiger partial charge in [0.15, 0.2) is 0 Å². The lowest BCUT2D eigenvalue weighted by atomic mass is 9.83. The molecule has 0 radical (unpaired) electrons. The Morgan fingerprint density at radius 2 is 1.30 bits per heavy atom. The van der Waals surface area contributed by atoms with Gasteiger partial charge in [0.25, 0.3) is 0 Å².